The number of ether oxygens (including phenoxy) is 1. The lowest BCUT2D eigenvalue weighted by Crippen LogP contribution is -2.17. The number of fused-ring (bicyclic) bond motifs is 1. The van der Waals surface area contributed by atoms with Crippen molar-refractivity contribution in [3.8, 4) is 5.75 Å². The van der Waals surface area contributed by atoms with Gasteiger partial charge in [0.1, 0.15) is 12.4 Å². The number of imidazole rings is 1. The molecule has 0 aliphatic carbocycles. The molecule has 19 heavy (non-hydrogen) atoms. The third-order valence-electron chi connectivity index (χ3n) is 3.80. The summed E-state index contributed by atoms with van der Waals surface area (Å²) in [5, 5.41) is 0. The maximum Gasteiger partial charge on any atom is 0.132 e. The summed E-state index contributed by atoms with van der Waals surface area (Å²) in [6.45, 7) is 6.04. The topological polar surface area (TPSA) is 27.1 Å². The van der Waals surface area contributed by atoms with Gasteiger partial charge in [-0.2, -0.15) is 0 Å². The molecule has 0 radical (unpaired) electrons. The molecule has 2 aromatic rings. The lowest BCUT2D eigenvalue weighted by atomic mass is 9.97. The Morgan fingerprint density at radius 1 is 1.42 bits per heavy atom. The van der Waals surface area contributed by atoms with Crippen molar-refractivity contribution in [1.82, 2.24) is 9.55 Å². The molecule has 1 aliphatic rings. The minimum Gasteiger partial charge on any atom is -0.487 e. The number of hydrogen-bond donors (Lipinski definition) is 0. The Morgan fingerprint density at radius 2 is 2.32 bits per heavy atom. The van der Waals surface area contributed by atoms with Gasteiger partial charge in [0.05, 0.1) is 12.0 Å². The molecule has 0 bridgehead atoms. The molecule has 0 saturated carbocycles. The van der Waals surface area contributed by atoms with Gasteiger partial charge in [0, 0.05) is 12.2 Å². The van der Waals surface area contributed by atoms with Gasteiger partial charge < -0.3 is 9.30 Å². The molecule has 3 nitrogen and oxygen atoms in total. The van der Waals surface area contributed by atoms with E-state index in [4.69, 9.17) is 4.74 Å². The summed E-state index contributed by atoms with van der Waals surface area (Å²) in [7, 11) is 0. The van der Waals surface area contributed by atoms with Gasteiger partial charge in [0.25, 0.3) is 0 Å². The van der Waals surface area contributed by atoms with Crippen LogP contribution in [-0.4, -0.2) is 9.55 Å². The molecule has 2 heterocycles. The van der Waals surface area contributed by atoms with Crippen molar-refractivity contribution < 1.29 is 4.74 Å². The highest BCUT2D eigenvalue weighted by Crippen LogP contribution is 2.23. The molecule has 0 saturated heterocycles. The summed E-state index contributed by atoms with van der Waals surface area (Å²) in [6, 6.07) is 8.16. The Kier molecular flexibility index (Phi) is 3.28. The molecular weight excluding hydrogens is 236 g/mol. The van der Waals surface area contributed by atoms with E-state index in [-0.39, 0.29) is 0 Å². The SMILES string of the molecule is Cc1cccc(OCc2ncn3c2CC(C)CC3)c1. The van der Waals surface area contributed by atoms with E-state index in [9.17, 15) is 0 Å². The molecule has 1 aromatic carbocycles. The van der Waals surface area contributed by atoms with Gasteiger partial charge in [0.15, 0.2) is 0 Å². The maximum absolute atomic E-state index is 5.86. The summed E-state index contributed by atoms with van der Waals surface area (Å²) < 4.78 is 8.13. The molecule has 3 rings (SSSR count). The molecule has 1 unspecified atom stereocenters. The highest BCUT2D eigenvalue weighted by molar-refractivity contribution is 5.28. The Morgan fingerprint density at radius 3 is 3.16 bits per heavy atom. The van der Waals surface area contributed by atoms with Gasteiger partial charge in [-0.15, -0.1) is 0 Å². The Labute approximate surface area is 114 Å². The van der Waals surface area contributed by atoms with Crippen LogP contribution in [0.4, 0.5) is 0 Å². The molecule has 1 aromatic heterocycles. The number of nitrogens with zero attached hydrogens (tertiary/aromatic N) is 2. The number of benzene rings is 1. The minimum atomic E-state index is 0.568. The first kappa shape index (κ1) is 12.3. The van der Waals surface area contributed by atoms with E-state index < -0.39 is 0 Å². The second-order valence-corrected chi connectivity index (χ2v) is 5.53. The summed E-state index contributed by atoms with van der Waals surface area (Å²) in [5.41, 5.74) is 3.66. The summed E-state index contributed by atoms with van der Waals surface area (Å²) in [5.74, 6) is 1.67. The lowest BCUT2D eigenvalue weighted by Gasteiger charge is -2.21. The van der Waals surface area contributed by atoms with Crippen LogP contribution >= 0.6 is 0 Å². The molecular formula is C16H20N2O. The molecule has 0 N–H and O–H groups in total. The second kappa shape index (κ2) is 5.08. The first-order valence-corrected chi connectivity index (χ1v) is 6.94. The third-order valence-corrected chi connectivity index (χ3v) is 3.80. The molecule has 0 fully saturated rings. The normalized spacial score (nSPS) is 18.1. The molecule has 1 atom stereocenters. The first-order valence-electron chi connectivity index (χ1n) is 6.94. The first-order chi connectivity index (χ1) is 9.22. The summed E-state index contributed by atoms with van der Waals surface area (Å²) >= 11 is 0. The smallest absolute Gasteiger partial charge is 0.132 e. The quantitative estimate of drug-likeness (QED) is 0.842. The fourth-order valence-electron chi connectivity index (χ4n) is 2.65. The number of hydrogen-bond acceptors (Lipinski definition) is 2. The molecule has 0 amide bonds. The van der Waals surface area contributed by atoms with E-state index in [2.05, 4.69) is 35.5 Å². The minimum absolute atomic E-state index is 0.568. The Balaban J connectivity index is 1.72. The van der Waals surface area contributed by atoms with Crippen molar-refractivity contribution in [2.24, 2.45) is 5.92 Å². The van der Waals surface area contributed by atoms with Gasteiger partial charge in [-0.25, -0.2) is 4.98 Å². The van der Waals surface area contributed by atoms with E-state index in [0.717, 1.165) is 30.3 Å². The van der Waals surface area contributed by atoms with Crippen LogP contribution in [0.25, 0.3) is 0 Å². The zero-order valence-corrected chi connectivity index (χ0v) is 11.6. The Hall–Kier alpha value is -1.77. The van der Waals surface area contributed by atoms with Crippen molar-refractivity contribution in [3.05, 3.63) is 47.5 Å². The maximum atomic E-state index is 5.86. The van der Waals surface area contributed by atoms with Crippen LogP contribution in [0.3, 0.4) is 0 Å². The van der Waals surface area contributed by atoms with E-state index in [0.29, 0.717) is 6.61 Å². The van der Waals surface area contributed by atoms with Gasteiger partial charge in [-0.1, -0.05) is 19.1 Å². The van der Waals surface area contributed by atoms with Gasteiger partial charge in [-0.3, -0.25) is 0 Å². The monoisotopic (exact) mass is 256 g/mol. The standard InChI is InChI=1S/C16H20N2O/c1-12-4-3-5-14(8-12)19-10-15-16-9-13(2)6-7-18(16)11-17-15/h3-5,8,11,13H,6-7,9-10H2,1-2H3. The predicted molar refractivity (Wildman–Crippen MR) is 75.2 cm³/mol. The number of aryl methyl sites for hydroxylation is 2. The van der Waals surface area contributed by atoms with E-state index in [1.165, 1.54) is 17.7 Å². The van der Waals surface area contributed by atoms with Crippen molar-refractivity contribution in [2.75, 3.05) is 0 Å². The number of aromatic nitrogens is 2. The molecule has 100 valence electrons. The van der Waals surface area contributed by atoms with Crippen LogP contribution in [0.15, 0.2) is 30.6 Å². The summed E-state index contributed by atoms with van der Waals surface area (Å²) in [6.07, 6.45) is 4.32. The van der Waals surface area contributed by atoms with E-state index in [1.807, 2.05) is 18.5 Å². The van der Waals surface area contributed by atoms with Crippen molar-refractivity contribution >= 4 is 0 Å². The van der Waals surface area contributed by atoms with Gasteiger partial charge in [0.2, 0.25) is 0 Å². The molecule has 1 aliphatic heterocycles. The Bertz CT molecular complexity index is 574. The fourth-order valence-corrected chi connectivity index (χ4v) is 2.65. The van der Waals surface area contributed by atoms with Crippen LogP contribution in [0.5, 0.6) is 5.75 Å². The second-order valence-electron chi connectivity index (χ2n) is 5.53. The highest BCUT2D eigenvalue weighted by Gasteiger charge is 2.19. The highest BCUT2D eigenvalue weighted by atomic mass is 16.5. The third kappa shape index (κ3) is 2.65. The predicted octanol–water partition coefficient (Wildman–Crippen LogP) is 3.35. The molecule has 3 heteroatoms. The average Bonchev–Trinajstić information content (AvgIpc) is 2.79. The zero-order valence-electron chi connectivity index (χ0n) is 11.6. The van der Waals surface area contributed by atoms with Crippen molar-refractivity contribution in [3.63, 3.8) is 0 Å². The van der Waals surface area contributed by atoms with Crippen LogP contribution in [-0.2, 0) is 19.6 Å². The summed E-state index contributed by atoms with van der Waals surface area (Å²) in [4.78, 5) is 4.51. The molecule has 0 spiro atoms. The average molecular weight is 256 g/mol. The van der Waals surface area contributed by atoms with Crippen LogP contribution < -0.4 is 4.74 Å². The van der Waals surface area contributed by atoms with E-state index in [1.54, 1.807) is 0 Å². The van der Waals surface area contributed by atoms with Gasteiger partial charge >= 0.3 is 0 Å². The van der Waals surface area contributed by atoms with Crippen LogP contribution in [0.1, 0.15) is 30.3 Å². The van der Waals surface area contributed by atoms with Crippen molar-refractivity contribution in [2.45, 2.75) is 39.8 Å². The van der Waals surface area contributed by atoms with Crippen LogP contribution in [0.2, 0.25) is 0 Å². The lowest BCUT2D eigenvalue weighted by molar-refractivity contribution is 0.297. The van der Waals surface area contributed by atoms with Crippen LogP contribution in [0, 0.1) is 12.8 Å². The number of rotatable bonds is 3. The van der Waals surface area contributed by atoms with Gasteiger partial charge in [-0.05, 0) is 43.4 Å². The fraction of sp³-hybridized carbons (Fsp3) is 0.438. The van der Waals surface area contributed by atoms with Crippen molar-refractivity contribution in [1.29, 1.82) is 0 Å². The zero-order chi connectivity index (χ0) is 13.2. The van der Waals surface area contributed by atoms with E-state index >= 15 is 0 Å². The largest absolute Gasteiger partial charge is 0.487 e.